The van der Waals surface area contributed by atoms with E-state index >= 15 is 0 Å². The second-order valence-corrected chi connectivity index (χ2v) is 17.8. The molecule has 0 radical (unpaired) electrons. The minimum absolute atomic E-state index is 0. The van der Waals surface area contributed by atoms with Crippen molar-refractivity contribution in [2.45, 2.75) is 52.4 Å². The quantitative estimate of drug-likeness (QED) is 0.118. The van der Waals surface area contributed by atoms with E-state index in [2.05, 4.69) is 219 Å². The third-order valence-electron chi connectivity index (χ3n) is 11.5. The third-order valence-corrected chi connectivity index (χ3v) is 11.5. The molecule has 3 heterocycles. The van der Waals surface area contributed by atoms with Gasteiger partial charge in [0, 0.05) is 44.3 Å². The molecule has 0 fully saturated rings. The Balaban J connectivity index is 0.00000490. The van der Waals surface area contributed by atoms with Gasteiger partial charge in [0.15, 0.2) is 0 Å². The Morgan fingerprint density at radius 1 is 0.548 bits per heavy atom. The zero-order valence-electron chi connectivity index (χ0n) is 35.7. The Morgan fingerprint density at radius 3 is 2.00 bits per heavy atom. The fourth-order valence-corrected chi connectivity index (χ4v) is 8.27. The molecule has 0 N–H and O–H groups in total. The smallest absolute Gasteiger partial charge is 0.268 e. The zero-order chi connectivity index (χ0) is 41.9. The summed E-state index contributed by atoms with van der Waals surface area (Å²) in [7, 11) is 0. The molecule has 0 saturated carbocycles. The summed E-state index contributed by atoms with van der Waals surface area (Å²) in [5.74, 6) is 2.00. The van der Waals surface area contributed by atoms with Crippen molar-refractivity contribution in [1.29, 1.82) is 0 Å². The van der Waals surface area contributed by atoms with Gasteiger partial charge in [-0.25, -0.2) is 4.98 Å². The van der Waals surface area contributed by atoms with Gasteiger partial charge in [-0.2, -0.15) is 18.2 Å². The van der Waals surface area contributed by atoms with Crippen molar-refractivity contribution in [1.82, 2.24) is 14.1 Å². The van der Waals surface area contributed by atoms with Crippen LogP contribution in [0.15, 0.2) is 170 Å². The van der Waals surface area contributed by atoms with Crippen LogP contribution in [0.1, 0.15) is 52.7 Å². The van der Waals surface area contributed by atoms with Crippen LogP contribution in [0.2, 0.25) is 0 Å². The molecule has 0 atom stereocenters. The number of aromatic nitrogens is 4. The number of ether oxygens (including phenoxy) is 1. The minimum atomic E-state index is -0.0446. The summed E-state index contributed by atoms with van der Waals surface area (Å²) in [4.78, 5) is 4.91. The fraction of sp³-hybridized carbons (Fsp3) is 0.143. The number of hydrogen-bond donors (Lipinski definition) is 0. The van der Waals surface area contributed by atoms with Crippen LogP contribution in [0.4, 0.5) is 0 Å². The number of fused-ring (bicyclic) bond motifs is 4. The van der Waals surface area contributed by atoms with Crippen LogP contribution in [0.5, 0.6) is 11.5 Å². The van der Waals surface area contributed by atoms with Crippen LogP contribution in [0, 0.1) is 18.5 Å². The molecule has 5 nitrogen and oxygen atoms in total. The summed E-state index contributed by atoms with van der Waals surface area (Å²) in [5.41, 5.74) is 12.9. The van der Waals surface area contributed by atoms with Crippen molar-refractivity contribution in [2.75, 3.05) is 0 Å². The van der Waals surface area contributed by atoms with Crippen LogP contribution in [0.25, 0.3) is 72.3 Å². The van der Waals surface area contributed by atoms with Gasteiger partial charge in [-0.1, -0.05) is 150 Å². The van der Waals surface area contributed by atoms with Crippen molar-refractivity contribution in [3.05, 3.63) is 200 Å². The molecule has 0 aliphatic carbocycles. The van der Waals surface area contributed by atoms with E-state index in [1.54, 1.807) is 0 Å². The number of pyridine rings is 1. The molecule has 10 rings (SSSR count). The van der Waals surface area contributed by atoms with Gasteiger partial charge < -0.3 is 13.9 Å². The normalized spacial score (nSPS) is 11.9. The zero-order valence-corrected chi connectivity index (χ0v) is 38.0. The monoisotopic (exact) mass is 985 g/mol. The molecule has 6 heteroatoms. The first-order valence-corrected chi connectivity index (χ1v) is 20.9. The predicted octanol–water partition coefficient (Wildman–Crippen LogP) is 13.5. The Morgan fingerprint density at radius 2 is 1.24 bits per heavy atom. The van der Waals surface area contributed by atoms with Gasteiger partial charge in [0.2, 0.25) is 0 Å². The van der Waals surface area contributed by atoms with E-state index in [4.69, 9.17) is 9.72 Å². The van der Waals surface area contributed by atoms with Gasteiger partial charge in [0.25, 0.3) is 6.33 Å². The van der Waals surface area contributed by atoms with E-state index in [1.807, 2.05) is 24.4 Å². The largest absolute Gasteiger partial charge is 0.510 e. The van der Waals surface area contributed by atoms with Crippen molar-refractivity contribution in [2.24, 2.45) is 0 Å². The second-order valence-electron chi connectivity index (χ2n) is 17.8. The Hall–Kier alpha value is -6.55. The summed E-state index contributed by atoms with van der Waals surface area (Å²) < 4.78 is 13.2. The molecule has 0 aliphatic rings. The first kappa shape index (κ1) is 40.8. The van der Waals surface area contributed by atoms with E-state index in [0.717, 1.165) is 66.7 Å². The Kier molecular flexibility index (Phi) is 10.6. The maximum Gasteiger partial charge on any atom is 0.268 e. The molecule has 0 saturated heterocycles. The summed E-state index contributed by atoms with van der Waals surface area (Å²) in [6, 6.07) is 64.6. The molecule has 0 aliphatic heterocycles. The number of para-hydroxylation sites is 1. The van der Waals surface area contributed by atoms with E-state index in [-0.39, 0.29) is 31.9 Å². The molecule has 7 aromatic carbocycles. The van der Waals surface area contributed by atoms with Gasteiger partial charge in [0.05, 0.1) is 16.7 Å². The SMILES string of the molecule is CC(C)(C)c1cccc(-[n+]2[c-]n(-c3[c-]c(Oc4[c-]c5c(cc4)c4cc(-c6ccccc6)ccc4n5-c4cc(C(C)(C)C)ccn4)ccc3)c3cccc(-c4ccccc4)c32)c1.[Pt]. The van der Waals surface area contributed by atoms with Crippen molar-refractivity contribution in [3.8, 4) is 50.9 Å². The van der Waals surface area contributed by atoms with Gasteiger partial charge in [-0.3, -0.25) is 4.57 Å². The number of nitrogens with zero attached hydrogens (tertiary/aromatic N) is 4. The summed E-state index contributed by atoms with van der Waals surface area (Å²) in [6.45, 7) is 13.4. The van der Waals surface area contributed by atoms with Crippen LogP contribution >= 0.6 is 0 Å². The molecule has 62 heavy (non-hydrogen) atoms. The first-order chi connectivity index (χ1) is 29.5. The number of rotatable bonds is 7. The van der Waals surface area contributed by atoms with Gasteiger partial charge >= 0.3 is 0 Å². The average molecular weight is 986 g/mol. The summed E-state index contributed by atoms with van der Waals surface area (Å²) in [5, 5.41) is 2.20. The molecule has 0 bridgehead atoms. The van der Waals surface area contributed by atoms with Crippen LogP contribution in [0.3, 0.4) is 0 Å². The molecular weight excluding hydrogens is 940 g/mol. The van der Waals surface area contributed by atoms with Crippen LogP contribution in [-0.4, -0.2) is 14.1 Å². The topological polar surface area (TPSA) is 35.9 Å². The van der Waals surface area contributed by atoms with E-state index in [9.17, 15) is 0 Å². The van der Waals surface area contributed by atoms with Crippen LogP contribution in [-0.2, 0) is 31.9 Å². The van der Waals surface area contributed by atoms with Gasteiger partial charge in [-0.15, -0.1) is 29.7 Å². The van der Waals surface area contributed by atoms with E-state index in [1.165, 1.54) is 16.7 Å². The summed E-state index contributed by atoms with van der Waals surface area (Å²) in [6.07, 6.45) is 5.63. The standard InChI is InChI=1S/C56H46N4O.Pt/c1-55(2,3)41-20-13-21-43(33-41)59-37-58(51-25-15-24-47(54(51)59)39-18-11-8-12-19-39)44-22-14-23-45(35-44)61-46-27-28-48-49-32-40(38-16-9-7-10-17-38)26-29-50(49)60(52(48)36-46)53-34-42(30-31-57-53)56(4,5)6;/h7-34H,1-6H3;/q-2;. The van der Waals surface area contributed by atoms with Gasteiger partial charge in [0.1, 0.15) is 5.82 Å². The number of hydrogen-bond acceptors (Lipinski definition) is 2. The fourth-order valence-electron chi connectivity index (χ4n) is 8.27. The third kappa shape index (κ3) is 7.56. The van der Waals surface area contributed by atoms with Crippen molar-refractivity contribution in [3.63, 3.8) is 0 Å². The molecule has 308 valence electrons. The first-order valence-electron chi connectivity index (χ1n) is 20.9. The van der Waals surface area contributed by atoms with Crippen molar-refractivity contribution >= 4 is 32.8 Å². The Labute approximate surface area is 378 Å². The number of benzene rings is 7. The molecule has 0 spiro atoms. The minimum Gasteiger partial charge on any atom is -0.510 e. The summed E-state index contributed by atoms with van der Waals surface area (Å²) >= 11 is 0. The predicted molar refractivity (Wildman–Crippen MR) is 248 cm³/mol. The van der Waals surface area contributed by atoms with E-state index < -0.39 is 0 Å². The average Bonchev–Trinajstić information content (AvgIpc) is 3.83. The van der Waals surface area contributed by atoms with Gasteiger partial charge in [-0.05, 0) is 85.6 Å². The maximum atomic E-state index is 6.68. The van der Waals surface area contributed by atoms with Crippen LogP contribution < -0.4 is 9.30 Å². The Bertz CT molecular complexity index is 3240. The molecule has 0 unspecified atom stereocenters. The molecule has 3 aromatic heterocycles. The maximum absolute atomic E-state index is 6.68. The molecule has 10 aromatic rings. The van der Waals surface area contributed by atoms with E-state index in [0.29, 0.717) is 11.5 Å². The van der Waals surface area contributed by atoms with Crippen molar-refractivity contribution < 1.29 is 30.4 Å². The molecule has 0 amide bonds. The number of imidazole rings is 1. The second kappa shape index (κ2) is 16.0. The molecular formula is C56H46N4OPt-2.